The molecule has 6 heteroatoms. The molecule has 0 spiro atoms. The molecule has 0 saturated heterocycles. The van der Waals surface area contributed by atoms with E-state index in [0.29, 0.717) is 11.3 Å². The van der Waals surface area contributed by atoms with E-state index in [1.54, 1.807) is 32.0 Å². The molecule has 1 amide bonds. The minimum atomic E-state index is -0.443. The van der Waals surface area contributed by atoms with Gasteiger partial charge in [0.2, 0.25) is 5.91 Å². The van der Waals surface area contributed by atoms with Crippen molar-refractivity contribution < 1.29 is 9.90 Å². The van der Waals surface area contributed by atoms with Crippen LogP contribution in [0.4, 0.5) is 5.69 Å². The van der Waals surface area contributed by atoms with Crippen LogP contribution in [0.2, 0.25) is 0 Å². The summed E-state index contributed by atoms with van der Waals surface area (Å²) in [5, 5.41) is 16.1. The van der Waals surface area contributed by atoms with Crippen molar-refractivity contribution in [3.8, 4) is 5.75 Å². The molecule has 0 fully saturated rings. The number of hydrogen-bond acceptors (Lipinski definition) is 4. The Balaban J connectivity index is 2.09. The Bertz CT molecular complexity index is 551. The number of carbonyl (C=O) groups excluding carboxylic acids is 1. The molecule has 18 heavy (non-hydrogen) atoms. The predicted molar refractivity (Wildman–Crippen MR) is 66.2 cm³/mol. The zero-order valence-corrected chi connectivity index (χ0v) is 10.2. The van der Waals surface area contributed by atoms with E-state index in [4.69, 9.17) is 0 Å². The van der Waals surface area contributed by atoms with Crippen molar-refractivity contribution in [2.24, 2.45) is 0 Å². The molecule has 2 rings (SSSR count). The summed E-state index contributed by atoms with van der Waals surface area (Å²) in [6.07, 6.45) is 2.88. The van der Waals surface area contributed by atoms with Gasteiger partial charge in [0.1, 0.15) is 24.4 Å². The largest absolute Gasteiger partial charge is 0.508 e. The molecular formula is C12H14N4O2. The van der Waals surface area contributed by atoms with Crippen LogP contribution in [-0.2, 0) is 4.79 Å². The number of nitrogens with one attached hydrogen (secondary N) is 1. The Hall–Kier alpha value is -2.37. The van der Waals surface area contributed by atoms with Gasteiger partial charge in [-0.15, -0.1) is 0 Å². The Morgan fingerprint density at radius 1 is 1.50 bits per heavy atom. The Kier molecular flexibility index (Phi) is 3.27. The predicted octanol–water partition coefficient (Wildman–Crippen LogP) is 1.49. The maximum atomic E-state index is 11.9. The van der Waals surface area contributed by atoms with Crippen LogP contribution in [0.1, 0.15) is 18.5 Å². The lowest BCUT2D eigenvalue weighted by Crippen LogP contribution is -2.24. The molecule has 0 bridgehead atoms. The first-order valence-corrected chi connectivity index (χ1v) is 5.52. The Morgan fingerprint density at radius 3 is 2.89 bits per heavy atom. The highest BCUT2D eigenvalue weighted by molar-refractivity contribution is 5.93. The third-order valence-corrected chi connectivity index (χ3v) is 2.68. The van der Waals surface area contributed by atoms with Gasteiger partial charge in [-0.1, -0.05) is 0 Å². The average Bonchev–Trinajstić information content (AvgIpc) is 2.86. The zero-order chi connectivity index (χ0) is 13.1. The number of hydrogen-bond donors (Lipinski definition) is 2. The minimum Gasteiger partial charge on any atom is -0.508 e. The first-order valence-electron chi connectivity index (χ1n) is 5.52. The van der Waals surface area contributed by atoms with Gasteiger partial charge in [-0.3, -0.25) is 4.79 Å². The van der Waals surface area contributed by atoms with Gasteiger partial charge >= 0.3 is 0 Å². The van der Waals surface area contributed by atoms with E-state index in [1.165, 1.54) is 17.3 Å². The second kappa shape index (κ2) is 4.87. The number of aryl methyl sites for hydroxylation is 1. The number of phenols is 1. The van der Waals surface area contributed by atoms with E-state index >= 15 is 0 Å². The number of aromatic nitrogens is 3. The maximum absolute atomic E-state index is 11.9. The number of nitrogens with zero attached hydrogens (tertiary/aromatic N) is 3. The second-order valence-corrected chi connectivity index (χ2v) is 4.04. The lowest BCUT2D eigenvalue weighted by atomic mass is 10.2. The van der Waals surface area contributed by atoms with Crippen molar-refractivity contribution in [1.82, 2.24) is 14.8 Å². The van der Waals surface area contributed by atoms with Crippen molar-refractivity contribution in [2.75, 3.05) is 5.32 Å². The van der Waals surface area contributed by atoms with Gasteiger partial charge in [-0.25, -0.2) is 9.67 Å². The molecule has 2 N–H and O–H groups in total. The van der Waals surface area contributed by atoms with Crippen LogP contribution < -0.4 is 5.32 Å². The minimum absolute atomic E-state index is 0.189. The highest BCUT2D eigenvalue weighted by atomic mass is 16.3. The monoisotopic (exact) mass is 246 g/mol. The fourth-order valence-corrected chi connectivity index (χ4v) is 1.52. The highest BCUT2D eigenvalue weighted by Gasteiger charge is 2.15. The summed E-state index contributed by atoms with van der Waals surface area (Å²) in [7, 11) is 0. The van der Waals surface area contributed by atoms with E-state index in [9.17, 15) is 9.90 Å². The molecule has 0 aliphatic heterocycles. The summed E-state index contributed by atoms with van der Waals surface area (Å²) < 4.78 is 1.47. The topological polar surface area (TPSA) is 80.0 Å². The fraction of sp³-hybridized carbons (Fsp3) is 0.250. The molecule has 0 radical (unpaired) electrons. The van der Waals surface area contributed by atoms with Crippen LogP contribution in [0.15, 0.2) is 30.9 Å². The molecule has 1 aromatic carbocycles. The van der Waals surface area contributed by atoms with Gasteiger partial charge in [-0.2, -0.15) is 5.10 Å². The smallest absolute Gasteiger partial charge is 0.249 e. The van der Waals surface area contributed by atoms with Crippen LogP contribution in [-0.4, -0.2) is 25.8 Å². The molecular weight excluding hydrogens is 232 g/mol. The number of rotatable bonds is 3. The van der Waals surface area contributed by atoms with Crippen LogP contribution in [0.3, 0.4) is 0 Å². The molecule has 6 nitrogen and oxygen atoms in total. The van der Waals surface area contributed by atoms with Crippen LogP contribution in [0, 0.1) is 6.92 Å². The number of anilines is 1. The van der Waals surface area contributed by atoms with Crippen LogP contribution in [0.25, 0.3) is 0 Å². The SMILES string of the molecule is Cc1cc(NC(=O)C(C)n2cncn2)ccc1O. The maximum Gasteiger partial charge on any atom is 0.249 e. The summed E-state index contributed by atoms with van der Waals surface area (Å²) in [5.41, 5.74) is 1.35. The molecule has 1 heterocycles. The van der Waals surface area contributed by atoms with Gasteiger partial charge in [0.15, 0.2) is 0 Å². The van der Waals surface area contributed by atoms with Crippen molar-refractivity contribution in [3.63, 3.8) is 0 Å². The molecule has 1 aromatic heterocycles. The van der Waals surface area contributed by atoms with Crippen molar-refractivity contribution in [1.29, 1.82) is 0 Å². The van der Waals surface area contributed by atoms with Crippen LogP contribution >= 0.6 is 0 Å². The van der Waals surface area contributed by atoms with Crippen molar-refractivity contribution >= 4 is 11.6 Å². The molecule has 94 valence electrons. The number of carbonyl (C=O) groups is 1. The summed E-state index contributed by atoms with van der Waals surface area (Å²) in [6.45, 7) is 3.50. The fourth-order valence-electron chi connectivity index (χ4n) is 1.52. The highest BCUT2D eigenvalue weighted by Crippen LogP contribution is 2.20. The molecule has 1 unspecified atom stereocenters. The van der Waals surface area contributed by atoms with E-state index in [1.807, 2.05) is 0 Å². The van der Waals surface area contributed by atoms with Gasteiger partial charge in [0.05, 0.1) is 0 Å². The number of phenolic OH excluding ortho intramolecular Hbond substituents is 1. The normalized spacial score (nSPS) is 12.1. The van der Waals surface area contributed by atoms with Gasteiger partial charge in [0, 0.05) is 5.69 Å². The molecule has 0 aliphatic carbocycles. The standard InChI is InChI=1S/C12H14N4O2/c1-8-5-10(3-4-11(8)17)15-12(18)9(2)16-7-13-6-14-16/h3-7,9,17H,1-2H3,(H,15,18). The Morgan fingerprint density at radius 2 is 2.28 bits per heavy atom. The zero-order valence-electron chi connectivity index (χ0n) is 10.2. The van der Waals surface area contributed by atoms with E-state index in [-0.39, 0.29) is 11.7 Å². The van der Waals surface area contributed by atoms with Crippen LogP contribution in [0.5, 0.6) is 5.75 Å². The summed E-state index contributed by atoms with van der Waals surface area (Å²) in [4.78, 5) is 15.7. The van der Waals surface area contributed by atoms with Crippen molar-refractivity contribution in [3.05, 3.63) is 36.4 Å². The van der Waals surface area contributed by atoms with Gasteiger partial charge in [-0.05, 0) is 37.6 Å². The summed E-state index contributed by atoms with van der Waals surface area (Å²) in [6, 6.07) is 4.46. The summed E-state index contributed by atoms with van der Waals surface area (Å²) >= 11 is 0. The van der Waals surface area contributed by atoms with E-state index < -0.39 is 6.04 Å². The van der Waals surface area contributed by atoms with Gasteiger partial charge < -0.3 is 10.4 Å². The Labute approximate surface area is 104 Å². The first kappa shape index (κ1) is 12.1. The van der Waals surface area contributed by atoms with Crippen molar-refractivity contribution in [2.45, 2.75) is 19.9 Å². The lowest BCUT2D eigenvalue weighted by molar-refractivity contribution is -0.119. The average molecular weight is 246 g/mol. The number of benzene rings is 1. The van der Waals surface area contributed by atoms with Gasteiger partial charge in [0.25, 0.3) is 0 Å². The number of aromatic hydroxyl groups is 1. The molecule has 0 aliphatic rings. The first-order chi connectivity index (χ1) is 8.58. The van der Waals surface area contributed by atoms with E-state index in [2.05, 4.69) is 15.4 Å². The second-order valence-electron chi connectivity index (χ2n) is 4.04. The molecule has 1 atom stereocenters. The number of amides is 1. The molecule has 0 saturated carbocycles. The third kappa shape index (κ3) is 2.48. The molecule has 2 aromatic rings. The third-order valence-electron chi connectivity index (χ3n) is 2.68. The lowest BCUT2D eigenvalue weighted by Gasteiger charge is -2.12. The van der Waals surface area contributed by atoms with E-state index in [0.717, 1.165) is 0 Å². The summed E-state index contributed by atoms with van der Waals surface area (Å²) in [5.74, 6) is 0.0166. The quantitative estimate of drug-likeness (QED) is 0.804.